The standard InChI is InChI=1S/C11H19N7O2/c1-18(2)11-16-7-15-8(17-11)4-6-20-9(19)3-5-14-10(12)13/h7H,3-6H2,1-2H3,(H4,12,13,14). The lowest BCUT2D eigenvalue weighted by molar-refractivity contribution is -0.143. The van der Waals surface area contributed by atoms with Crippen LogP contribution in [-0.2, 0) is 16.0 Å². The van der Waals surface area contributed by atoms with E-state index >= 15 is 0 Å². The third-order valence-corrected chi connectivity index (χ3v) is 2.21. The molecule has 4 N–H and O–H groups in total. The molecule has 9 heteroatoms. The van der Waals surface area contributed by atoms with E-state index in [0.29, 0.717) is 18.2 Å². The molecular weight excluding hydrogens is 262 g/mol. The molecule has 0 aliphatic carbocycles. The molecule has 0 saturated carbocycles. The molecule has 9 nitrogen and oxygen atoms in total. The van der Waals surface area contributed by atoms with E-state index in [1.807, 2.05) is 14.1 Å². The summed E-state index contributed by atoms with van der Waals surface area (Å²) in [5.41, 5.74) is 10.3. The molecule has 1 aromatic heterocycles. The van der Waals surface area contributed by atoms with E-state index in [9.17, 15) is 4.79 Å². The van der Waals surface area contributed by atoms with Crippen LogP contribution in [0.4, 0.5) is 5.95 Å². The van der Waals surface area contributed by atoms with Gasteiger partial charge in [0.1, 0.15) is 12.2 Å². The van der Waals surface area contributed by atoms with E-state index in [4.69, 9.17) is 16.2 Å². The van der Waals surface area contributed by atoms with Crippen molar-refractivity contribution in [3.05, 3.63) is 12.2 Å². The Labute approximate surface area is 117 Å². The van der Waals surface area contributed by atoms with E-state index in [2.05, 4.69) is 19.9 Å². The Bertz CT molecular complexity index is 472. The number of anilines is 1. The number of carbonyl (C=O) groups excluding carboxylic acids is 1. The lowest BCUT2D eigenvalue weighted by atomic mass is 10.4. The number of nitrogens with two attached hydrogens (primary N) is 2. The van der Waals surface area contributed by atoms with Crippen LogP contribution in [0.15, 0.2) is 11.3 Å². The average molecular weight is 281 g/mol. The molecule has 1 aromatic rings. The molecule has 1 rings (SSSR count). The minimum atomic E-state index is -0.364. The van der Waals surface area contributed by atoms with Gasteiger partial charge in [-0.25, -0.2) is 9.97 Å². The number of hydrogen-bond donors (Lipinski definition) is 2. The molecule has 0 aliphatic rings. The van der Waals surface area contributed by atoms with Crippen molar-refractivity contribution >= 4 is 17.9 Å². The van der Waals surface area contributed by atoms with Crippen molar-refractivity contribution < 1.29 is 9.53 Å². The minimum absolute atomic E-state index is 0.0424. The van der Waals surface area contributed by atoms with Gasteiger partial charge in [0.05, 0.1) is 19.6 Å². The normalized spacial score (nSPS) is 9.90. The van der Waals surface area contributed by atoms with Crippen LogP contribution in [-0.4, -0.2) is 54.1 Å². The van der Waals surface area contributed by atoms with E-state index in [1.54, 1.807) is 4.90 Å². The van der Waals surface area contributed by atoms with Gasteiger partial charge in [0.25, 0.3) is 0 Å². The second kappa shape index (κ2) is 7.87. The molecule has 110 valence electrons. The molecule has 20 heavy (non-hydrogen) atoms. The molecule has 0 atom stereocenters. The van der Waals surface area contributed by atoms with Crippen LogP contribution >= 0.6 is 0 Å². The highest BCUT2D eigenvalue weighted by atomic mass is 16.5. The zero-order valence-electron chi connectivity index (χ0n) is 11.6. The SMILES string of the molecule is CN(C)c1ncnc(CCOC(=O)CCN=C(N)N)n1. The molecule has 0 fully saturated rings. The van der Waals surface area contributed by atoms with Gasteiger partial charge in [-0.1, -0.05) is 0 Å². The van der Waals surface area contributed by atoms with Gasteiger partial charge >= 0.3 is 5.97 Å². The zero-order chi connectivity index (χ0) is 15.0. The molecule has 0 aromatic carbocycles. The average Bonchev–Trinajstić information content (AvgIpc) is 2.38. The lowest BCUT2D eigenvalue weighted by Gasteiger charge is -2.10. The maximum absolute atomic E-state index is 11.4. The summed E-state index contributed by atoms with van der Waals surface area (Å²) in [7, 11) is 3.67. The van der Waals surface area contributed by atoms with Crippen LogP contribution < -0.4 is 16.4 Å². The Kier molecular flexibility index (Phi) is 6.14. The van der Waals surface area contributed by atoms with E-state index < -0.39 is 0 Å². The fourth-order valence-corrected chi connectivity index (χ4v) is 1.26. The highest BCUT2D eigenvalue weighted by molar-refractivity contribution is 5.76. The smallest absolute Gasteiger partial charge is 0.307 e. The maximum atomic E-state index is 11.4. The number of guanidine groups is 1. The summed E-state index contributed by atoms with van der Waals surface area (Å²) < 4.78 is 5.02. The van der Waals surface area contributed by atoms with Crippen molar-refractivity contribution in [1.82, 2.24) is 15.0 Å². The Balaban J connectivity index is 2.32. The quantitative estimate of drug-likeness (QED) is 0.357. The number of ether oxygens (including phenoxy) is 1. The van der Waals surface area contributed by atoms with Crippen molar-refractivity contribution in [1.29, 1.82) is 0 Å². The Morgan fingerprint density at radius 1 is 1.40 bits per heavy atom. The van der Waals surface area contributed by atoms with Gasteiger partial charge in [0, 0.05) is 20.5 Å². The largest absolute Gasteiger partial charge is 0.465 e. The van der Waals surface area contributed by atoms with E-state index in [-0.39, 0.29) is 31.5 Å². The Morgan fingerprint density at radius 2 is 2.15 bits per heavy atom. The number of rotatable bonds is 7. The second-order valence-corrected chi connectivity index (χ2v) is 4.12. The molecule has 0 unspecified atom stereocenters. The monoisotopic (exact) mass is 281 g/mol. The van der Waals surface area contributed by atoms with Gasteiger partial charge in [-0.15, -0.1) is 0 Å². The molecular formula is C11H19N7O2. The summed E-state index contributed by atoms with van der Waals surface area (Å²) in [4.78, 5) is 29.0. The first-order chi connectivity index (χ1) is 9.49. The van der Waals surface area contributed by atoms with Gasteiger partial charge in [0.2, 0.25) is 5.95 Å². The fourth-order valence-electron chi connectivity index (χ4n) is 1.26. The first-order valence-electron chi connectivity index (χ1n) is 6.05. The third kappa shape index (κ3) is 5.94. The number of nitrogens with zero attached hydrogens (tertiary/aromatic N) is 5. The lowest BCUT2D eigenvalue weighted by Crippen LogP contribution is -2.23. The van der Waals surface area contributed by atoms with Crippen molar-refractivity contribution in [2.45, 2.75) is 12.8 Å². The van der Waals surface area contributed by atoms with Crippen LogP contribution in [0.3, 0.4) is 0 Å². The molecule has 0 bridgehead atoms. The van der Waals surface area contributed by atoms with Gasteiger partial charge < -0.3 is 21.1 Å². The first-order valence-corrected chi connectivity index (χ1v) is 6.05. The van der Waals surface area contributed by atoms with Crippen LogP contribution in [0.5, 0.6) is 0 Å². The minimum Gasteiger partial charge on any atom is -0.465 e. The highest BCUT2D eigenvalue weighted by Crippen LogP contribution is 2.01. The zero-order valence-corrected chi connectivity index (χ0v) is 11.6. The van der Waals surface area contributed by atoms with Gasteiger partial charge in [-0.05, 0) is 0 Å². The van der Waals surface area contributed by atoms with E-state index in [0.717, 1.165) is 0 Å². The second-order valence-electron chi connectivity index (χ2n) is 4.12. The Hall–Kier alpha value is -2.45. The molecule has 0 amide bonds. The summed E-state index contributed by atoms with van der Waals surface area (Å²) in [6, 6.07) is 0. The van der Waals surface area contributed by atoms with Crippen molar-refractivity contribution in [3.8, 4) is 0 Å². The predicted octanol–water partition coefficient (Wildman–Crippen LogP) is -1.31. The molecule has 0 saturated heterocycles. The molecule has 0 spiro atoms. The predicted molar refractivity (Wildman–Crippen MR) is 74.1 cm³/mol. The van der Waals surface area contributed by atoms with Crippen molar-refractivity contribution in [3.63, 3.8) is 0 Å². The Morgan fingerprint density at radius 3 is 2.80 bits per heavy atom. The molecule has 0 radical (unpaired) electrons. The summed E-state index contributed by atoms with van der Waals surface area (Å²) in [6.07, 6.45) is 1.99. The summed E-state index contributed by atoms with van der Waals surface area (Å²) in [6.45, 7) is 0.426. The number of esters is 1. The van der Waals surface area contributed by atoms with E-state index in [1.165, 1.54) is 6.33 Å². The first kappa shape index (κ1) is 15.6. The topological polar surface area (TPSA) is 133 Å². The van der Waals surface area contributed by atoms with Gasteiger partial charge in [-0.2, -0.15) is 4.98 Å². The fraction of sp³-hybridized carbons (Fsp3) is 0.545. The third-order valence-electron chi connectivity index (χ3n) is 2.21. The summed E-state index contributed by atoms with van der Waals surface area (Å²) in [5.74, 6) is 0.728. The van der Waals surface area contributed by atoms with Gasteiger partial charge in [0.15, 0.2) is 5.96 Å². The number of aromatic nitrogens is 3. The van der Waals surface area contributed by atoms with Crippen LogP contribution in [0.25, 0.3) is 0 Å². The van der Waals surface area contributed by atoms with Crippen LogP contribution in [0, 0.1) is 0 Å². The van der Waals surface area contributed by atoms with Crippen LogP contribution in [0.1, 0.15) is 12.2 Å². The van der Waals surface area contributed by atoms with Crippen LogP contribution in [0.2, 0.25) is 0 Å². The highest BCUT2D eigenvalue weighted by Gasteiger charge is 2.05. The van der Waals surface area contributed by atoms with Crippen molar-refractivity contribution in [2.75, 3.05) is 32.1 Å². The summed E-state index contributed by atoms with van der Waals surface area (Å²) >= 11 is 0. The molecule has 0 aliphatic heterocycles. The number of hydrogen-bond acceptors (Lipinski definition) is 7. The number of carbonyl (C=O) groups is 1. The summed E-state index contributed by atoms with van der Waals surface area (Å²) in [5, 5.41) is 0. The molecule has 1 heterocycles. The van der Waals surface area contributed by atoms with Gasteiger partial charge in [-0.3, -0.25) is 9.79 Å². The van der Waals surface area contributed by atoms with Crippen molar-refractivity contribution in [2.24, 2.45) is 16.5 Å². The maximum Gasteiger partial charge on any atom is 0.307 e. The number of aliphatic imine (C=N–C) groups is 1.